The maximum absolute atomic E-state index is 11.9. The number of anilines is 1. The van der Waals surface area contributed by atoms with Gasteiger partial charge in [0.05, 0.1) is 6.54 Å². The third kappa shape index (κ3) is 3.80. The van der Waals surface area contributed by atoms with Crippen LogP contribution in [0.1, 0.15) is 38.4 Å². The Kier molecular flexibility index (Phi) is 4.58. The van der Waals surface area contributed by atoms with Crippen LogP contribution in [-0.2, 0) is 4.79 Å². The van der Waals surface area contributed by atoms with E-state index in [2.05, 4.69) is 15.3 Å². The molecule has 0 atom stereocenters. The second-order valence-corrected chi connectivity index (χ2v) is 5.42. The first kappa shape index (κ1) is 14.1. The van der Waals surface area contributed by atoms with Crippen molar-refractivity contribution >= 4 is 23.3 Å². The van der Waals surface area contributed by atoms with Gasteiger partial charge in [-0.2, -0.15) is 0 Å². The number of nitrogens with one attached hydrogen (secondary N) is 1. The topological polar surface area (TPSA) is 58.1 Å². The Morgan fingerprint density at radius 1 is 1.42 bits per heavy atom. The van der Waals surface area contributed by atoms with Crippen LogP contribution in [0.2, 0.25) is 5.15 Å². The lowest BCUT2D eigenvalue weighted by Crippen LogP contribution is -2.33. The fourth-order valence-electron chi connectivity index (χ4n) is 2.03. The molecule has 1 fully saturated rings. The Bertz CT molecular complexity index is 458. The summed E-state index contributed by atoms with van der Waals surface area (Å²) < 4.78 is 0. The van der Waals surface area contributed by atoms with E-state index < -0.39 is 0 Å². The highest BCUT2D eigenvalue weighted by atomic mass is 35.5. The second kappa shape index (κ2) is 6.19. The Balaban J connectivity index is 1.97. The number of likely N-dealkylation sites (tertiary alicyclic amines) is 1. The van der Waals surface area contributed by atoms with E-state index in [0.717, 1.165) is 25.9 Å². The Labute approximate surface area is 118 Å². The van der Waals surface area contributed by atoms with E-state index in [0.29, 0.717) is 16.8 Å². The maximum Gasteiger partial charge on any atom is 0.241 e. The van der Waals surface area contributed by atoms with Crippen molar-refractivity contribution in [2.75, 3.05) is 25.0 Å². The fraction of sp³-hybridized carbons (Fsp3) is 0.615. The van der Waals surface area contributed by atoms with Crippen molar-refractivity contribution < 1.29 is 4.79 Å². The third-order valence-electron chi connectivity index (χ3n) is 3.11. The van der Waals surface area contributed by atoms with Crippen LogP contribution in [-0.4, -0.2) is 40.4 Å². The maximum atomic E-state index is 11.9. The lowest BCUT2D eigenvalue weighted by molar-refractivity contribution is -0.128. The van der Waals surface area contributed by atoms with E-state index >= 15 is 0 Å². The molecule has 2 rings (SSSR count). The van der Waals surface area contributed by atoms with Crippen LogP contribution < -0.4 is 5.32 Å². The Hall–Kier alpha value is -1.36. The first-order valence-corrected chi connectivity index (χ1v) is 7.00. The van der Waals surface area contributed by atoms with Crippen molar-refractivity contribution in [3.8, 4) is 0 Å². The molecule has 19 heavy (non-hydrogen) atoms. The van der Waals surface area contributed by atoms with E-state index in [1.165, 1.54) is 0 Å². The molecule has 0 radical (unpaired) electrons. The normalized spacial score (nSPS) is 15.1. The summed E-state index contributed by atoms with van der Waals surface area (Å²) in [7, 11) is 0. The van der Waals surface area contributed by atoms with Gasteiger partial charge in [-0.25, -0.2) is 9.97 Å². The molecular formula is C13H19ClN4O. The first-order valence-electron chi connectivity index (χ1n) is 6.62. The number of amides is 1. The summed E-state index contributed by atoms with van der Waals surface area (Å²) in [5.41, 5.74) is 0. The summed E-state index contributed by atoms with van der Waals surface area (Å²) in [5.74, 6) is 1.60. The SMILES string of the molecule is CC(C)c1nc(Cl)cc(NCC(=O)N2CCCC2)n1. The molecule has 1 aliphatic heterocycles. The number of carbonyl (C=O) groups is 1. The van der Waals surface area contributed by atoms with Crippen molar-refractivity contribution in [1.29, 1.82) is 0 Å². The molecule has 1 aromatic rings. The Morgan fingerprint density at radius 3 is 2.74 bits per heavy atom. The van der Waals surface area contributed by atoms with E-state index in [1.54, 1.807) is 6.07 Å². The molecule has 5 nitrogen and oxygen atoms in total. The van der Waals surface area contributed by atoms with Crippen LogP contribution in [0.5, 0.6) is 0 Å². The van der Waals surface area contributed by atoms with Gasteiger partial charge < -0.3 is 10.2 Å². The van der Waals surface area contributed by atoms with Crippen LogP contribution in [0.3, 0.4) is 0 Å². The minimum Gasteiger partial charge on any atom is -0.361 e. The van der Waals surface area contributed by atoms with Crippen LogP contribution in [0.25, 0.3) is 0 Å². The monoisotopic (exact) mass is 282 g/mol. The highest BCUT2D eigenvalue weighted by Crippen LogP contribution is 2.17. The number of hydrogen-bond acceptors (Lipinski definition) is 4. The van der Waals surface area contributed by atoms with E-state index in [9.17, 15) is 4.79 Å². The van der Waals surface area contributed by atoms with E-state index in [1.807, 2.05) is 18.7 Å². The zero-order valence-corrected chi connectivity index (χ0v) is 12.1. The molecule has 0 saturated carbocycles. The zero-order chi connectivity index (χ0) is 13.8. The largest absolute Gasteiger partial charge is 0.361 e. The van der Waals surface area contributed by atoms with Gasteiger partial charge >= 0.3 is 0 Å². The van der Waals surface area contributed by atoms with Crippen LogP contribution in [0, 0.1) is 0 Å². The van der Waals surface area contributed by atoms with Gasteiger partial charge in [0.1, 0.15) is 16.8 Å². The van der Waals surface area contributed by atoms with Gasteiger partial charge in [0.15, 0.2) is 0 Å². The molecule has 1 saturated heterocycles. The van der Waals surface area contributed by atoms with Gasteiger partial charge in [-0.1, -0.05) is 25.4 Å². The van der Waals surface area contributed by atoms with E-state index in [-0.39, 0.29) is 18.4 Å². The average molecular weight is 283 g/mol. The second-order valence-electron chi connectivity index (χ2n) is 5.03. The Morgan fingerprint density at radius 2 is 2.11 bits per heavy atom. The molecule has 1 N–H and O–H groups in total. The minimum atomic E-state index is 0.110. The molecule has 0 aromatic carbocycles. The molecule has 6 heteroatoms. The van der Waals surface area contributed by atoms with Crippen molar-refractivity contribution in [3.05, 3.63) is 17.0 Å². The number of hydrogen-bond donors (Lipinski definition) is 1. The van der Waals surface area contributed by atoms with Crippen molar-refractivity contribution in [1.82, 2.24) is 14.9 Å². The molecule has 1 aromatic heterocycles. The molecule has 0 aliphatic carbocycles. The number of carbonyl (C=O) groups excluding carboxylic acids is 1. The van der Waals surface area contributed by atoms with Crippen molar-refractivity contribution in [2.24, 2.45) is 0 Å². The highest BCUT2D eigenvalue weighted by Gasteiger charge is 2.17. The van der Waals surface area contributed by atoms with Crippen molar-refractivity contribution in [3.63, 3.8) is 0 Å². The number of aromatic nitrogens is 2. The number of rotatable bonds is 4. The van der Waals surface area contributed by atoms with Gasteiger partial charge in [0.2, 0.25) is 5.91 Å². The quantitative estimate of drug-likeness (QED) is 0.861. The van der Waals surface area contributed by atoms with Gasteiger partial charge in [0.25, 0.3) is 0 Å². The molecule has 0 bridgehead atoms. The standard InChI is InChI=1S/C13H19ClN4O/c1-9(2)13-16-10(14)7-11(17-13)15-8-12(19)18-5-3-4-6-18/h7,9H,3-6,8H2,1-2H3,(H,15,16,17). The smallest absolute Gasteiger partial charge is 0.241 e. The summed E-state index contributed by atoms with van der Waals surface area (Å²) in [4.78, 5) is 22.3. The summed E-state index contributed by atoms with van der Waals surface area (Å²) >= 11 is 5.95. The molecular weight excluding hydrogens is 264 g/mol. The molecule has 104 valence electrons. The first-order chi connectivity index (χ1) is 9.06. The highest BCUT2D eigenvalue weighted by molar-refractivity contribution is 6.29. The van der Waals surface area contributed by atoms with Gasteiger partial charge in [-0.3, -0.25) is 4.79 Å². The van der Waals surface area contributed by atoms with E-state index in [4.69, 9.17) is 11.6 Å². The molecule has 2 heterocycles. The van der Waals surface area contributed by atoms with Crippen molar-refractivity contribution in [2.45, 2.75) is 32.6 Å². The lowest BCUT2D eigenvalue weighted by Gasteiger charge is -2.16. The van der Waals surface area contributed by atoms with Crippen LogP contribution in [0.4, 0.5) is 5.82 Å². The molecule has 0 unspecified atom stereocenters. The number of halogens is 1. The average Bonchev–Trinajstić information content (AvgIpc) is 2.89. The zero-order valence-electron chi connectivity index (χ0n) is 11.3. The molecule has 1 amide bonds. The molecule has 0 spiro atoms. The van der Waals surface area contributed by atoms with Gasteiger partial charge in [-0.05, 0) is 12.8 Å². The predicted octanol–water partition coefficient (Wildman–Crippen LogP) is 2.29. The fourth-order valence-corrected chi connectivity index (χ4v) is 2.22. The summed E-state index contributed by atoms with van der Waals surface area (Å²) in [6.07, 6.45) is 2.20. The minimum absolute atomic E-state index is 0.110. The predicted molar refractivity (Wildman–Crippen MR) is 75.4 cm³/mol. The van der Waals surface area contributed by atoms with Gasteiger partial charge in [0, 0.05) is 25.1 Å². The van der Waals surface area contributed by atoms with Gasteiger partial charge in [-0.15, -0.1) is 0 Å². The number of nitrogens with zero attached hydrogens (tertiary/aromatic N) is 3. The summed E-state index contributed by atoms with van der Waals surface area (Å²) in [6, 6.07) is 1.64. The summed E-state index contributed by atoms with van der Waals surface area (Å²) in [6.45, 7) is 5.99. The van der Waals surface area contributed by atoms with Crippen LogP contribution in [0.15, 0.2) is 6.07 Å². The summed E-state index contributed by atoms with van der Waals surface area (Å²) in [5, 5.41) is 3.43. The lowest BCUT2D eigenvalue weighted by atomic mass is 10.2. The van der Waals surface area contributed by atoms with Crippen LogP contribution >= 0.6 is 11.6 Å². The third-order valence-corrected chi connectivity index (χ3v) is 3.30. The molecule has 1 aliphatic rings.